The van der Waals surface area contributed by atoms with Gasteiger partial charge in [-0.3, -0.25) is 4.79 Å². The first-order chi connectivity index (χ1) is 10.3. The molecule has 1 aliphatic rings. The maximum atomic E-state index is 12.2. The van der Waals surface area contributed by atoms with Crippen molar-refractivity contribution in [1.29, 1.82) is 0 Å². The topological polar surface area (TPSA) is 66.9 Å². The number of ether oxygens (including phenoxy) is 1. The first kappa shape index (κ1) is 17.1. The lowest BCUT2D eigenvalue weighted by atomic mass is 10.2. The SMILES string of the molecule is COc1ccc(Cl)cc1CN(C)C(=O)CN1CCCS1(=O)=O. The number of rotatable bonds is 5. The molecule has 0 aromatic heterocycles. The highest BCUT2D eigenvalue weighted by Crippen LogP contribution is 2.24. The summed E-state index contributed by atoms with van der Waals surface area (Å²) in [5.74, 6) is 0.497. The van der Waals surface area contributed by atoms with E-state index in [4.69, 9.17) is 16.3 Å². The van der Waals surface area contributed by atoms with Crippen LogP contribution in [-0.2, 0) is 21.4 Å². The van der Waals surface area contributed by atoms with E-state index in [0.29, 0.717) is 30.3 Å². The summed E-state index contributed by atoms with van der Waals surface area (Å²) in [5.41, 5.74) is 0.773. The Kier molecular flexibility index (Phi) is 5.31. The van der Waals surface area contributed by atoms with Gasteiger partial charge in [0.05, 0.1) is 19.4 Å². The van der Waals surface area contributed by atoms with Gasteiger partial charge in [0.15, 0.2) is 0 Å². The van der Waals surface area contributed by atoms with Crippen molar-refractivity contribution in [2.45, 2.75) is 13.0 Å². The lowest BCUT2D eigenvalue weighted by molar-refractivity contribution is -0.130. The molecule has 1 fully saturated rings. The van der Waals surface area contributed by atoms with Gasteiger partial charge in [-0.05, 0) is 24.6 Å². The predicted molar refractivity (Wildman–Crippen MR) is 84.5 cm³/mol. The molecule has 0 N–H and O–H groups in total. The Morgan fingerprint density at radius 3 is 2.77 bits per heavy atom. The molecule has 8 heteroatoms. The Balaban J connectivity index is 2.04. The monoisotopic (exact) mass is 346 g/mol. The number of methoxy groups -OCH3 is 1. The van der Waals surface area contributed by atoms with E-state index in [2.05, 4.69) is 0 Å². The quantitative estimate of drug-likeness (QED) is 0.807. The molecular weight excluding hydrogens is 328 g/mol. The molecule has 1 aromatic rings. The zero-order valence-corrected chi connectivity index (χ0v) is 14.2. The molecule has 0 bridgehead atoms. The molecule has 2 rings (SSSR count). The molecule has 0 atom stereocenters. The minimum Gasteiger partial charge on any atom is -0.496 e. The van der Waals surface area contributed by atoms with Gasteiger partial charge in [-0.15, -0.1) is 0 Å². The number of carbonyl (C=O) groups excluding carboxylic acids is 1. The van der Waals surface area contributed by atoms with Gasteiger partial charge in [-0.1, -0.05) is 11.6 Å². The van der Waals surface area contributed by atoms with E-state index >= 15 is 0 Å². The predicted octanol–water partition coefficient (Wildman–Crippen LogP) is 1.34. The number of sulfonamides is 1. The first-order valence-corrected chi connectivity index (χ1v) is 8.86. The van der Waals surface area contributed by atoms with E-state index in [-0.39, 0.29) is 18.2 Å². The lowest BCUT2D eigenvalue weighted by Crippen LogP contribution is -2.38. The number of amides is 1. The van der Waals surface area contributed by atoms with Crippen LogP contribution in [0.2, 0.25) is 5.02 Å². The molecular formula is C14H19ClN2O4S. The maximum Gasteiger partial charge on any atom is 0.237 e. The molecule has 1 aromatic carbocycles. The zero-order valence-electron chi connectivity index (χ0n) is 12.6. The normalized spacial score (nSPS) is 17.4. The molecule has 22 heavy (non-hydrogen) atoms. The van der Waals surface area contributed by atoms with Gasteiger partial charge >= 0.3 is 0 Å². The van der Waals surface area contributed by atoms with Crippen molar-refractivity contribution in [3.8, 4) is 5.75 Å². The molecule has 1 saturated heterocycles. The second kappa shape index (κ2) is 6.85. The standard InChI is InChI=1S/C14H19ClN2O4S/c1-16(9-11-8-12(15)4-5-13(11)21-2)14(18)10-17-6-3-7-22(17,19)20/h4-5,8H,3,6-7,9-10H2,1-2H3. The summed E-state index contributed by atoms with van der Waals surface area (Å²) in [4.78, 5) is 13.7. The van der Waals surface area contributed by atoms with Crippen LogP contribution in [0.15, 0.2) is 18.2 Å². The van der Waals surface area contributed by atoms with E-state index in [1.165, 1.54) is 9.21 Å². The minimum atomic E-state index is -3.27. The average molecular weight is 347 g/mol. The van der Waals surface area contributed by atoms with Crippen LogP contribution in [0.5, 0.6) is 5.75 Å². The van der Waals surface area contributed by atoms with Crippen molar-refractivity contribution < 1.29 is 17.9 Å². The molecule has 0 aliphatic carbocycles. The Hall–Kier alpha value is -1.31. The molecule has 122 valence electrons. The van der Waals surface area contributed by atoms with Crippen LogP contribution >= 0.6 is 11.6 Å². The number of hydrogen-bond donors (Lipinski definition) is 0. The summed E-state index contributed by atoms with van der Waals surface area (Å²) >= 11 is 5.97. The Labute approximate surface area is 135 Å². The third kappa shape index (κ3) is 3.91. The number of likely N-dealkylation sites (N-methyl/N-ethyl adjacent to an activating group) is 1. The summed E-state index contributed by atoms with van der Waals surface area (Å²) in [7, 11) is -0.0907. The number of carbonyl (C=O) groups is 1. The lowest BCUT2D eigenvalue weighted by Gasteiger charge is -2.22. The van der Waals surface area contributed by atoms with E-state index in [1.807, 2.05) is 0 Å². The van der Waals surface area contributed by atoms with Crippen molar-refractivity contribution in [2.24, 2.45) is 0 Å². The molecule has 1 amide bonds. The fraction of sp³-hybridized carbons (Fsp3) is 0.500. The van der Waals surface area contributed by atoms with Crippen molar-refractivity contribution in [1.82, 2.24) is 9.21 Å². The number of benzene rings is 1. The highest BCUT2D eigenvalue weighted by Gasteiger charge is 2.30. The largest absolute Gasteiger partial charge is 0.496 e. The van der Waals surface area contributed by atoms with Gasteiger partial charge in [0.1, 0.15) is 5.75 Å². The van der Waals surface area contributed by atoms with E-state index in [1.54, 1.807) is 32.4 Å². The highest BCUT2D eigenvalue weighted by molar-refractivity contribution is 7.89. The van der Waals surface area contributed by atoms with Crippen LogP contribution in [0, 0.1) is 0 Å². The fourth-order valence-electron chi connectivity index (χ4n) is 2.35. The van der Waals surface area contributed by atoms with Gasteiger partial charge < -0.3 is 9.64 Å². The van der Waals surface area contributed by atoms with Gasteiger partial charge in [0, 0.05) is 30.7 Å². The van der Waals surface area contributed by atoms with Crippen molar-refractivity contribution in [3.05, 3.63) is 28.8 Å². The van der Waals surface area contributed by atoms with Crippen LogP contribution < -0.4 is 4.74 Å². The Morgan fingerprint density at radius 2 is 2.18 bits per heavy atom. The number of nitrogens with zero attached hydrogens (tertiary/aromatic N) is 2. The van der Waals surface area contributed by atoms with Crippen molar-refractivity contribution in [2.75, 3.05) is 33.0 Å². The van der Waals surface area contributed by atoms with Crippen LogP contribution in [-0.4, -0.2) is 56.5 Å². The van der Waals surface area contributed by atoms with Gasteiger partial charge in [0.25, 0.3) is 0 Å². The van der Waals surface area contributed by atoms with Crippen LogP contribution in [0.1, 0.15) is 12.0 Å². The van der Waals surface area contributed by atoms with Crippen molar-refractivity contribution >= 4 is 27.5 Å². The molecule has 0 radical (unpaired) electrons. The minimum absolute atomic E-state index is 0.117. The summed E-state index contributed by atoms with van der Waals surface area (Å²) in [5, 5.41) is 0.554. The van der Waals surface area contributed by atoms with E-state index in [0.717, 1.165) is 5.56 Å². The third-order valence-electron chi connectivity index (χ3n) is 3.59. The molecule has 0 spiro atoms. The highest BCUT2D eigenvalue weighted by atomic mass is 35.5. The average Bonchev–Trinajstić information content (AvgIpc) is 2.78. The zero-order chi connectivity index (χ0) is 16.3. The molecule has 0 saturated carbocycles. The third-order valence-corrected chi connectivity index (χ3v) is 5.73. The van der Waals surface area contributed by atoms with Crippen molar-refractivity contribution in [3.63, 3.8) is 0 Å². The fourth-order valence-corrected chi connectivity index (χ4v) is 4.02. The first-order valence-electron chi connectivity index (χ1n) is 6.87. The molecule has 6 nitrogen and oxygen atoms in total. The van der Waals surface area contributed by atoms with Crippen LogP contribution in [0.4, 0.5) is 0 Å². The smallest absolute Gasteiger partial charge is 0.237 e. The van der Waals surface area contributed by atoms with Crippen LogP contribution in [0.25, 0.3) is 0 Å². The summed E-state index contributed by atoms with van der Waals surface area (Å²) < 4.78 is 30.0. The number of hydrogen-bond acceptors (Lipinski definition) is 4. The Bertz CT molecular complexity index is 663. The molecule has 1 aliphatic heterocycles. The summed E-state index contributed by atoms with van der Waals surface area (Å²) in [6.07, 6.45) is 0.571. The molecule has 1 heterocycles. The van der Waals surface area contributed by atoms with E-state index < -0.39 is 10.0 Å². The van der Waals surface area contributed by atoms with E-state index in [9.17, 15) is 13.2 Å². The second-order valence-corrected chi connectivity index (χ2v) is 7.73. The molecule has 0 unspecified atom stereocenters. The summed E-state index contributed by atoms with van der Waals surface area (Å²) in [6, 6.07) is 5.18. The maximum absolute atomic E-state index is 12.2. The number of halogens is 1. The Morgan fingerprint density at radius 1 is 1.45 bits per heavy atom. The van der Waals surface area contributed by atoms with Gasteiger partial charge in [0.2, 0.25) is 15.9 Å². The summed E-state index contributed by atoms with van der Waals surface area (Å²) in [6.45, 7) is 0.584. The van der Waals surface area contributed by atoms with Gasteiger partial charge in [-0.2, -0.15) is 4.31 Å². The van der Waals surface area contributed by atoms with Gasteiger partial charge in [-0.25, -0.2) is 8.42 Å². The second-order valence-electron chi connectivity index (χ2n) is 5.21. The van der Waals surface area contributed by atoms with Crippen LogP contribution in [0.3, 0.4) is 0 Å².